The first-order valence-corrected chi connectivity index (χ1v) is 9.66. The first-order chi connectivity index (χ1) is 12.5. The zero-order valence-electron chi connectivity index (χ0n) is 15.9. The van der Waals surface area contributed by atoms with Gasteiger partial charge in [-0.1, -0.05) is 35.9 Å². The average Bonchev–Trinajstić information content (AvgIpc) is 3.05. The topological polar surface area (TPSA) is 8.17 Å². The Morgan fingerprint density at radius 3 is 2.58 bits per heavy atom. The summed E-state index contributed by atoms with van der Waals surface area (Å²) in [5.41, 5.74) is 9.40. The Hall–Kier alpha value is -2.32. The van der Waals surface area contributed by atoms with Crippen LogP contribution in [0, 0.1) is 6.92 Å². The normalized spacial score (nSPS) is 22.0. The van der Waals surface area contributed by atoms with Crippen LogP contribution in [-0.2, 0) is 6.42 Å². The quantitative estimate of drug-likeness (QED) is 0.583. The van der Waals surface area contributed by atoms with Gasteiger partial charge in [0.05, 0.1) is 5.52 Å². The number of benzene rings is 2. The average molecular weight is 342 g/mol. The van der Waals surface area contributed by atoms with Crippen LogP contribution in [0.2, 0.25) is 0 Å². The molecule has 2 bridgehead atoms. The van der Waals surface area contributed by atoms with Crippen LogP contribution in [0.3, 0.4) is 0 Å². The lowest BCUT2D eigenvalue weighted by atomic mass is 9.97. The van der Waals surface area contributed by atoms with Crippen LogP contribution < -0.4 is 0 Å². The van der Waals surface area contributed by atoms with Crippen LogP contribution in [0.15, 0.2) is 49.0 Å². The highest BCUT2D eigenvalue weighted by Gasteiger charge is 2.40. The summed E-state index contributed by atoms with van der Waals surface area (Å²) in [7, 11) is 2.31. The summed E-state index contributed by atoms with van der Waals surface area (Å²) < 4.78 is 2.52. The van der Waals surface area contributed by atoms with E-state index in [1.54, 1.807) is 5.56 Å². The highest BCUT2D eigenvalue weighted by molar-refractivity contribution is 5.89. The lowest BCUT2D eigenvalue weighted by Crippen LogP contribution is -2.34. The van der Waals surface area contributed by atoms with E-state index in [4.69, 9.17) is 0 Å². The number of likely N-dealkylation sites (N-methyl/N-ethyl adjacent to an activating group) is 1. The zero-order chi connectivity index (χ0) is 18.0. The van der Waals surface area contributed by atoms with Crippen molar-refractivity contribution >= 4 is 16.5 Å². The highest BCUT2D eigenvalue weighted by atomic mass is 15.2. The SMILES string of the molecule is C=C(C)c1ccc(-n2c3c(c4cc(C)ccc42)C2CCC(C3)N2C)cc1. The predicted molar refractivity (Wildman–Crippen MR) is 110 cm³/mol. The van der Waals surface area contributed by atoms with Crippen LogP contribution in [0.5, 0.6) is 0 Å². The van der Waals surface area contributed by atoms with Crippen molar-refractivity contribution in [3.63, 3.8) is 0 Å². The van der Waals surface area contributed by atoms with Crippen LogP contribution in [0.4, 0.5) is 0 Å². The zero-order valence-corrected chi connectivity index (χ0v) is 15.9. The minimum Gasteiger partial charge on any atom is -0.313 e. The molecule has 0 aliphatic carbocycles. The highest BCUT2D eigenvalue weighted by Crippen LogP contribution is 2.47. The van der Waals surface area contributed by atoms with E-state index >= 15 is 0 Å². The predicted octanol–water partition coefficient (Wildman–Crippen LogP) is 5.66. The van der Waals surface area contributed by atoms with Crippen molar-refractivity contribution in [2.75, 3.05) is 7.05 Å². The number of hydrogen-bond donors (Lipinski definition) is 0. The van der Waals surface area contributed by atoms with E-state index in [1.165, 1.54) is 46.3 Å². The maximum Gasteiger partial charge on any atom is 0.0535 e. The molecular formula is C24H26N2. The van der Waals surface area contributed by atoms with Crippen LogP contribution >= 0.6 is 0 Å². The smallest absolute Gasteiger partial charge is 0.0535 e. The molecule has 1 saturated heterocycles. The standard InChI is InChI=1S/C24H26N2/c1-15(2)17-6-8-18(9-7-17)26-21-11-5-16(3)13-20(21)24-22-12-10-19(25(22)4)14-23(24)26/h5-9,11,13,19,22H,1,10,12,14H2,2-4H3. The molecule has 2 aliphatic heterocycles. The third-order valence-corrected chi connectivity index (χ3v) is 6.49. The number of aromatic nitrogens is 1. The second-order valence-corrected chi connectivity index (χ2v) is 8.16. The number of aryl methyl sites for hydroxylation is 1. The molecule has 2 nitrogen and oxygen atoms in total. The van der Waals surface area contributed by atoms with Gasteiger partial charge < -0.3 is 4.57 Å². The number of nitrogens with zero attached hydrogens (tertiary/aromatic N) is 2. The number of fused-ring (bicyclic) bond motifs is 6. The first-order valence-electron chi connectivity index (χ1n) is 9.66. The van der Waals surface area contributed by atoms with Gasteiger partial charge in [-0.25, -0.2) is 0 Å². The summed E-state index contributed by atoms with van der Waals surface area (Å²) in [4.78, 5) is 2.61. The van der Waals surface area contributed by atoms with Gasteiger partial charge in [-0.2, -0.15) is 0 Å². The summed E-state index contributed by atoms with van der Waals surface area (Å²) in [5, 5.41) is 1.45. The van der Waals surface area contributed by atoms with E-state index < -0.39 is 0 Å². The summed E-state index contributed by atoms with van der Waals surface area (Å²) >= 11 is 0. The molecule has 2 aliphatic rings. The number of rotatable bonds is 2. The van der Waals surface area contributed by atoms with Crippen LogP contribution in [-0.4, -0.2) is 22.6 Å². The molecule has 2 unspecified atom stereocenters. The van der Waals surface area contributed by atoms with Gasteiger partial charge in [0.1, 0.15) is 0 Å². The Bertz CT molecular complexity index is 1020. The third kappa shape index (κ3) is 2.15. The Balaban J connectivity index is 1.78. The summed E-state index contributed by atoms with van der Waals surface area (Å²) in [5.74, 6) is 0. The van der Waals surface area contributed by atoms with E-state index in [-0.39, 0.29) is 0 Å². The second kappa shape index (κ2) is 5.59. The molecule has 0 spiro atoms. The van der Waals surface area contributed by atoms with E-state index in [1.807, 2.05) is 0 Å². The monoisotopic (exact) mass is 342 g/mol. The van der Waals surface area contributed by atoms with Crippen molar-refractivity contribution < 1.29 is 0 Å². The van der Waals surface area contributed by atoms with E-state index in [0.29, 0.717) is 12.1 Å². The maximum atomic E-state index is 4.07. The molecule has 0 saturated carbocycles. The van der Waals surface area contributed by atoms with Gasteiger partial charge >= 0.3 is 0 Å². The maximum absolute atomic E-state index is 4.07. The van der Waals surface area contributed by atoms with E-state index in [2.05, 4.69) is 79.4 Å². The molecule has 1 aromatic heterocycles. The van der Waals surface area contributed by atoms with Gasteiger partial charge in [-0.3, -0.25) is 4.90 Å². The number of allylic oxidation sites excluding steroid dienone is 1. The first kappa shape index (κ1) is 15.9. The van der Waals surface area contributed by atoms with Crippen LogP contribution in [0.1, 0.15) is 48.2 Å². The van der Waals surface area contributed by atoms with E-state index in [0.717, 1.165) is 12.0 Å². The molecule has 132 valence electrons. The Morgan fingerprint density at radius 2 is 1.85 bits per heavy atom. The van der Waals surface area contributed by atoms with Crippen molar-refractivity contribution in [3.8, 4) is 5.69 Å². The van der Waals surface area contributed by atoms with Crippen molar-refractivity contribution in [1.82, 2.24) is 9.47 Å². The molecule has 3 aromatic rings. The lowest BCUT2D eigenvalue weighted by molar-refractivity contribution is 0.223. The fourth-order valence-corrected chi connectivity index (χ4v) is 5.07. The molecule has 5 rings (SSSR count). The molecule has 2 heteroatoms. The molecule has 0 N–H and O–H groups in total. The van der Waals surface area contributed by atoms with Crippen molar-refractivity contribution in [2.45, 2.75) is 45.2 Å². The van der Waals surface area contributed by atoms with Gasteiger partial charge in [0.15, 0.2) is 0 Å². The molecule has 26 heavy (non-hydrogen) atoms. The summed E-state index contributed by atoms with van der Waals surface area (Å²) in [6, 6.07) is 17.1. The fourth-order valence-electron chi connectivity index (χ4n) is 5.07. The summed E-state index contributed by atoms with van der Waals surface area (Å²) in [6.07, 6.45) is 3.76. The van der Waals surface area contributed by atoms with Gasteiger partial charge in [0.2, 0.25) is 0 Å². The minimum absolute atomic E-state index is 0.573. The minimum atomic E-state index is 0.573. The molecule has 1 fully saturated rings. The molecule has 0 amide bonds. The molecular weight excluding hydrogens is 316 g/mol. The van der Waals surface area contributed by atoms with E-state index in [9.17, 15) is 0 Å². The molecule has 3 heterocycles. The van der Waals surface area contributed by atoms with Crippen molar-refractivity contribution in [3.05, 3.63) is 71.4 Å². The Kier molecular flexibility index (Phi) is 3.42. The van der Waals surface area contributed by atoms with Gasteiger partial charge in [-0.05, 0) is 69.1 Å². The van der Waals surface area contributed by atoms with Crippen molar-refractivity contribution in [2.24, 2.45) is 0 Å². The third-order valence-electron chi connectivity index (χ3n) is 6.49. The fraction of sp³-hybridized carbons (Fsp3) is 0.333. The van der Waals surface area contributed by atoms with Gasteiger partial charge in [0, 0.05) is 35.3 Å². The van der Waals surface area contributed by atoms with Crippen molar-refractivity contribution in [1.29, 1.82) is 0 Å². The number of hydrogen-bond acceptors (Lipinski definition) is 1. The summed E-state index contributed by atoms with van der Waals surface area (Å²) in [6.45, 7) is 8.34. The van der Waals surface area contributed by atoms with Crippen LogP contribution in [0.25, 0.3) is 22.2 Å². The van der Waals surface area contributed by atoms with Gasteiger partial charge in [-0.15, -0.1) is 0 Å². The Morgan fingerprint density at radius 1 is 1.08 bits per heavy atom. The molecule has 0 radical (unpaired) electrons. The molecule has 2 atom stereocenters. The lowest BCUT2D eigenvalue weighted by Gasteiger charge is -2.32. The Labute approximate surface area is 155 Å². The second-order valence-electron chi connectivity index (χ2n) is 8.16. The van der Waals surface area contributed by atoms with Gasteiger partial charge in [0.25, 0.3) is 0 Å². The largest absolute Gasteiger partial charge is 0.313 e. The molecule has 2 aromatic carbocycles.